The molecule has 4 aromatic rings. The minimum Gasteiger partial charge on any atom is -0.282 e. The summed E-state index contributed by atoms with van der Waals surface area (Å²) in [5, 5.41) is 17.6. The summed E-state index contributed by atoms with van der Waals surface area (Å²) >= 11 is 0. The van der Waals surface area contributed by atoms with Crippen molar-refractivity contribution in [3.05, 3.63) is 84.4 Å². The highest BCUT2D eigenvalue weighted by molar-refractivity contribution is 7.86. The summed E-state index contributed by atoms with van der Waals surface area (Å²) in [6.07, 6.45) is 0. The van der Waals surface area contributed by atoms with E-state index in [1.165, 1.54) is 42.5 Å². The van der Waals surface area contributed by atoms with Crippen molar-refractivity contribution >= 4 is 53.8 Å². The molecule has 0 aliphatic rings. The fraction of sp³-hybridized carbons (Fsp3) is 0.0435. The molecule has 0 fully saturated rings. The standard InChI is InChI=1S/C23H18N4O6S2/c1-15-2-4-16(5-3-15)24-26-22-12-13-23(21-14-19(35(31,32)33)10-11-20(21)22)27-25-17-6-8-18(9-7-17)34(28,29)30/h2-14H,1H3,(H,28,29,30)(H,31,32,33). The van der Waals surface area contributed by atoms with Gasteiger partial charge in [0.05, 0.1) is 32.5 Å². The average molecular weight is 511 g/mol. The minimum absolute atomic E-state index is 0.277. The van der Waals surface area contributed by atoms with Crippen LogP contribution in [0.4, 0.5) is 22.7 Å². The quantitative estimate of drug-likeness (QED) is 0.223. The second-order valence-electron chi connectivity index (χ2n) is 7.49. The predicted octanol–water partition coefficient (Wildman–Crippen LogP) is 6.47. The van der Waals surface area contributed by atoms with Crippen molar-refractivity contribution in [1.29, 1.82) is 0 Å². The van der Waals surface area contributed by atoms with Crippen LogP contribution < -0.4 is 0 Å². The number of rotatable bonds is 6. The third-order valence-corrected chi connectivity index (χ3v) is 6.67. The lowest BCUT2D eigenvalue weighted by atomic mass is 10.1. The van der Waals surface area contributed by atoms with Crippen LogP contribution in [0.25, 0.3) is 10.8 Å². The van der Waals surface area contributed by atoms with Crippen LogP contribution in [-0.2, 0) is 20.2 Å². The highest BCUT2D eigenvalue weighted by Gasteiger charge is 2.14. The molecule has 2 N–H and O–H groups in total. The van der Waals surface area contributed by atoms with Crippen molar-refractivity contribution in [2.75, 3.05) is 0 Å². The third kappa shape index (κ3) is 5.81. The number of hydrogen-bond acceptors (Lipinski definition) is 8. The van der Waals surface area contributed by atoms with E-state index in [-0.39, 0.29) is 15.5 Å². The molecule has 4 aromatic carbocycles. The number of nitrogens with zero attached hydrogens (tertiary/aromatic N) is 4. The molecule has 35 heavy (non-hydrogen) atoms. The summed E-state index contributed by atoms with van der Waals surface area (Å²) in [6.45, 7) is 1.96. The lowest BCUT2D eigenvalue weighted by molar-refractivity contribution is 0.481. The fourth-order valence-electron chi connectivity index (χ4n) is 3.15. The zero-order valence-corrected chi connectivity index (χ0v) is 19.8. The summed E-state index contributed by atoms with van der Waals surface area (Å²) in [6, 6.07) is 19.7. The second kappa shape index (κ2) is 9.43. The molecule has 0 aromatic heterocycles. The summed E-state index contributed by atoms with van der Waals surface area (Å²) in [5.74, 6) is 0. The maximum atomic E-state index is 11.7. The largest absolute Gasteiger partial charge is 0.294 e. The van der Waals surface area contributed by atoms with Crippen LogP contribution in [0.15, 0.2) is 109 Å². The Labute approximate surface area is 201 Å². The third-order valence-electron chi connectivity index (χ3n) is 4.95. The molecular weight excluding hydrogens is 492 g/mol. The molecule has 0 radical (unpaired) electrons. The zero-order chi connectivity index (χ0) is 25.2. The van der Waals surface area contributed by atoms with Crippen molar-refractivity contribution in [2.24, 2.45) is 20.5 Å². The first-order valence-corrected chi connectivity index (χ1v) is 12.9. The van der Waals surface area contributed by atoms with E-state index in [0.29, 0.717) is 27.8 Å². The van der Waals surface area contributed by atoms with Crippen LogP contribution in [0.2, 0.25) is 0 Å². The Kier molecular flexibility index (Phi) is 6.54. The smallest absolute Gasteiger partial charge is 0.282 e. The topological polar surface area (TPSA) is 158 Å². The van der Waals surface area contributed by atoms with E-state index in [2.05, 4.69) is 20.5 Å². The van der Waals surface area contributed by atoms with Gasteiger partial charge in [0.15, 0.2) is 0 Å². The Morgan fingerprint density at radius 2 is 1.00 bits per heavy atom. The van der Waals surface area contributed by atoms with Crippen LogP contribution in [0.3, 0.4) is 0 Å². The number of hydrogen-bond donors (Lipinski definition) is 2. The Balaban J connectivity index is 1.77. The molecule has 0 spiro atoms. The van der Waals surface area contributed by atoms with Gasteiger partial charge >= 0.3 is 0 Å². The molecule has 0 atom stereocenters. The van der Waals surface area contributed by atoms with E-state index in [1.54, 1.807) is 12.1 Å². The molecule has 4 rings (SSSR count). The van der Waals surface area contributed by atoms with E-state index in [0.717, 1.165) is 5.56 Å². The molecule has 0 aliphatic heterocycles. The van der Waals surface area contributed by atoms with E-state index < -0.39 is 20.2 Å². The Hall–Kier alpha value is -3.84. The maximum Gasteiger partial charge on any atom is 0.294 e. The van der Waals surface area contributed by atoms with Gasteiger partial charge in [-0.3, -0.25) is 9.11 Å². The Morgan fingerprint density at radius 1 is 0.543 bits per heavy atom. The molecule has 178 valence electrons. The molecule has 0 unspecified atom stereocenters. The summed E-state index contributed by atoms with van der Waals surface area (Å²) in [4.78, 5) is -0.616. The van der Waals surface area contributed by atoms with Gasteiger partial charge in [-0.2, -0.15) is 27.1 Å². The van der Waals surface area contributed by atoms with Crippen LogP contribution >= 0.6 is 0 Å². The molecule has 0 heterocycles. The van der Waals surface area contributed by atoms with Crippen molar-refractivity contribution in [3.8, 4) is 0 Å². The van der Waals surface area contributed by atoms with Gasteiger partial charge in [-0.25, -0.2) is 0 Å². The molecule has 0 aliphatic carbocycles. The molecule has 0 saturated heterocycles. The van der Waals surface area contributed by atoms with Gasteiger partial charge < -0.3 is 0 Å². The van der Waals surface area contributed by atoms with Crippen molar-refractivity contribution in [2.45, 2.75) is 16.7 Å². The summed E-state index contributed by atoms with van der Waals surface area (Å²) < 4.78 is 64.3. The van der Waals surface area contributed by atoms with Crippen LogP contribution in [0.5, 0.6) is 0 Å². The fourth-order valence-corrected chi connectivity index (χ4v) is 4.14. The van der Waals surface area contributed by atoms with E-state index in [4.69, 9.17) is 4.55 Å². The maximum absolute atomic E-state index is 11.7. The van der Waals surface area contributed by atoms with E-state index in [1.807, 2.05) is 31.2 Å². The van der Waals surface area contributed by atoms with Crippen LogP contribution in [-0.4, -0.2) is 25.9 Å². The first-order chi connectivity index (χ1) is 16.5. The van der Waals surface area contributed by atoms with E-state index in [9.17, 15) is 21.4 Å². The normalized spacial score (nSPS) is 12.7. The highest BCUT2D eigenvalue weighted by Crippen LogP contribution is 2.36. The molecule has 0 saturated carbocycles. The van der Waals surface area contributed by atoms with Crippen LogP contribution in [0, 0.1) is 6.92 Å². The lowest BCUT2D eigenvalue weighted by Crippen LogP contribution is -1.97. The molecule has 10 nitrogen and oxygen atoms in total. The lowest BCUT2D eigenvalue weighted by Gasteiger charge is -2.07. The van der Waals surface area contributed by atoms with Gasteiger partial charge in [-0.05, 0) is 67.6 Å². The van der Waals surface area contributed by atoms with Crippen LogP contribution in [0.1, 0.15) is 5.56 Å². The minimum atomic E-state index is -4.48. The molecule has 12 heteroatoms. The van der Waals surface area contributed by atoms with Crippen molar-refractivity contribution < 1.29 is 25.9 Å². The first kappa shape index (κ1) is 24.3. The summed E-state index contributed by atoms with van der Waals surface area (Å²) in [7, 11) is -8.81. The first-order valence-electron chi connectivity index (χ1n) is 10.0. The number of aryl methyl sites for hydroxylation is 1. The number of fused-ring (bicyclic) bond motifs is 1. The van der Waals surface area contributed by atoms with Gasteiger partial charge in [-0.1, -0.05) is 23.8 Å². The monoisotopic (exact) mass is 510 g/mol. The van der Waals surface area contributed by atoms with Gasteiger partial charge in [0.2, 0.25) is 0 Å². The Morgan fingerprint density at radius 3 is 1.51 bits per heavy atom. The second-order valence-corrected chi connectivity index (χ2v) is 10.3. The van der Waals surface area contributed by atoms with Gasteiger partial charge in [-0.15, -0.1) is 10.2 Å². The SMILES string of the molecule is Cc1ccc(N=Nc2ccc(N=Nc3ccc(S(=O)(=O)O)cc3)c3cc(S(=O)(=O)O)ccc23)cc1. The molecular formula is C23H18N4O6S2. The average Bonchev–Trinajstić information content (AvgIpc) is 2.81. The number of azo groups is 2. The van der Waals surface area contributed by atoms with Crippen molar-refractivity contribution in [1.82, 2.24) is 0 Å². The molecule has 0 amide bonds. The highest BCUT2D eigenvalue weighted by atomic mass is 32.2. The van der Waals surface area contributed by atoms with Gasteiger partial charge in [0.25, 0.3) is 20.2 Å². The molecule has 0 bridgehead atoms. The number of benzene rings is 4. The van der Waals surface area contributed by atoms with E-state index >= 15 is 0 Å². The predicted molar refractivity (Wildman–Crippen MR) is 130 cm³/mol. The summed E-state index contributed by atoms with van der Waals surface area (Å²) in [5.41, 5.74) is 2.72. The van der Waals surface area contributed by atoms with Crippen molar-refractivity contribution in [3.63, 3.8) is 0 Å². The van der Waals surface area contributed by atoms with Gasteiger partial charge in [0.1, 0.15) is 0 Å². The van der Waals surface area contributed by atoms with Gasteiger partial charge in [0, 0.05) is 10.8 Å². The zero-order valence-electron chi connectivity index (χ0n) is 18.1. The Bertz CT molecular complexity index is 1680.